The first-order valence-corrected chi connectivity index (χ1v) is 9.18. The lowest BCUT2D eigenvalue weighted by atomic mass is 10.0. The molecule has 0 spiro atoms. The summed E-state index contributed by atoms with van der Waals surface area (Å²) in [6.07, 6.45) is 4.10. The van der Waals surface area contributed by atoms with Crippen LogP contribution in [0.5, 0.6) is 0 Å². The predicted molar refractivity (Wildman–Crippen MR) is 97.4 cm³/mol. The quantitative estimate of drug-likeness (QED) is 0.915. The third kappa shape index (κ3) is 4.02. The van der Waals surface area contributed by atoms with Gasteiger partial charge in [-0.1, -0.05) is 29.5 Å². The normalized spacial score (nSPS) is 17.3. The number of benzene rings is 1. The molecule has 1 saturated heterocycles. The van der Waals surface area contributed by atoms with Crippen molar-refractivity contribution in [1.29, 1.82) is 0 Å². The van der Waals surface area contributed by atoms with E-state index in [1.807, 2.05) is 31.2 Å². The number of nitrogens with two attached hydrogens (primary N) is 1. The van der Waals surface area contributed by atoms with E-state index >= 15 is 0 Å². The number of amides is 2. The van der Waals surface area contributed by atoms with Crippen LogP contribution < -0.4 is 5.73 Å². The second-order valence-corrected chi connectivity index (χ2v) is 7.25. The van der Waals surface area contributed by atoms with Crippen LogP contribution in [0.1, 0.15) is 35.2 Å². The lowest BCUT2D eigenvalue weighted by Gasteiger charge is -2.33. The number of primary amides is 1. The molecule has 5 nitrogen and oxygen atoms in total. The largest absolute Gasteiger partial charge is 0.368 e. The molecule has 0 bridgehead atoms. The molecule has 3 rings (SSSR count). The Morgan fingerprint density at radius 3 is 2.68 bits per heavy atom. The summed E-state index contributed by atoms with van der Waals surface area (Å²) >= 11 is 1.45. The summed E-state index contributed by atoms with van der Waals surface area (Å²) in [6, 6.07) is 11.1. The number of carbonyl (C=O) groups is 2. The molecular weight excluding hydrogens is 334 g/mol. The van der Waals surface area contributed by atoms with Crippen molar-refractivity contribution in [3.63, 3.8) is 0 Å². The lowest BCUT2D eigenvalue weighted by molar-refractivity contribution is -0.123. The maximum Gasteiger partial charge on any atom is 0.257 e. The Morgan fingerprint density at radius 2 is 1.96 bits per heavy atom. The van der Waals surface area contributed by atoms with Crippen LogP contribution >= 0.6 is 11.8 Å². The zero-order valence-corrected chi connectivity index (χ0v) is 15.0. The Kier molecular flexibility index (Phi) is 5.38. The summed E-state index contributed by atoms with van der Waals surface area (Å²) < 4.78 is 0. The number of rotatable bonds is 4. The van der Waals surface area contributed by atoms with Gasteiger partial charge in [-0.15, -0.1) is 0 Å². The number of carbonyl (C=O) groups excluding carboxylic acids is 2. The van der Waals surface area contributed by atoms with Crippen molar-refractivity contribution in [3.05, 3.63) is 53.7 Å². The number of likely N-dealkylation sites (tertiary alicyclic amines) is 1. The summed E-state index contributed by atoms with van der Waals surface area (Å²) in [5.74, 6) is -0.615. The molecule has 1 aromatic heterocycles. The highest BCUT2D eigenvalue weighted by molar-refractivity contribution is 7.99. The molecule has 0 aliphatic carbocycles. The molecule has 2 aromatic rings. The van der Waals surface area contributed by atoms with Crippen molar-refractivity contribution in [2.24, 2.45) is 5.73 Å². The molecule has 0 radical (unpaired) electrons. The van der Waals surface area contributed by atoms with Crippen molar-refractivity contribution in [3.8, 4) is 0 Å². The molecule has 0 saturated carbocycles. The highest BCUT2D eigenvalue weighted by Gasteiger charge is 2.32. The monoisotopic (exact) mass is 355 g/mol. The van der Waals surface area contributed by atoms with Crippen LogP contribution in [0.4, 0.5) is 0 Å². The number of hydrogen-bond acceptors (Lipinski definition) is 4. The first kappa shape index (κ1) is 17.5. The van der Waals surface area contributed by atoms with E-state index in [0.29, 0.717) is 23.6 Å². The van der Waals surface area contributed by atoms with Gasteiger partial charge in [-0.3, -0.25) is 9.59 Å². The fraction of sp³-hybridized carbons (Fsp3) is 0.316. The fourth-order valence-corrected chi connectivity index (χ4v) is 3.85. The van der Waals surface area contributed by atoms with E-state index in [9.17, 15) is 9.59 Å². The van der Waals surface area contributed by atoms with E-state index in [2.05, 4.69) is 4.98 Å². The molecule has 1 atom stereocenters. The Bertz CT molecular complexity index is 776. The highest BCUT2D eigenvalue weighted by Crippen LogP contribution is 2.30. The smallest absolute Gasteiger partial charge is 0.257 e. The summed E-state index contributed by atoms with van der Waals surface area (Å²) in [4.78, 5) is 31.8. The van der Waals surface area contributed by atoms with Crippen molar-refractivity contribution in [2.75, 3.05) is 6.54 Å². The van der Waals surface area contributed by atoms with Crippen molar-refractivity contribution >= 4 is 23.6 Å². The minimum absolute atomic E-state index is 0.175. The second-order valence-electron chi connectivity index (χ2n) is 6.18. The van der Waals surface area contributed by atoms with Crippen LogP contribution in [-0.4, -0.2) is 34.3 Å². The van der Waals surface area contributed by atoms with Crippen molar-refractivity contribution < 1.29 is 9.59 Å². The van der Waals surface area contributed by atoms with Gasteiger partial charge in [0.2, 0.25) is 5.91 Å². The zero-order chi connectivity index (χ0) is 17.8. The van der Waals surface area contributed by atoms with Gasteiger partial charge in [0, 0.05) is 17.6 Å². The van der Waals surface area contributed by atoms with Crippen molar-refractivity contribution in [1.82, 2.24) is 9.88 Å². The van der Waals surface area contributed by atoms with Crippen LogP contribution in [0, 0.1) is 6.92 Å². The highest BCUT2D eigenvalue weighted by atomic mass is 32.2. The van der Waals surface area contributed by atoms with Gasteiger partial charge >= 0.3 is 0 Å². The number of aromatic nitrogens is 1. The van der Waals surface area contributed by atoms with Crippen LogP contribution in [-0.2, 0) is 4.79 Å². The first-order chi connectivity index (χ1) is 12.1. The molecule has 1 unspecified atom stereocenters. The number of piperidine rings is 1. The first-order valence-electron chi connectivity index (χ1n) is 8.36. The van der Waals surface area contributed by atoms with Gasteiger partial charge in [-0.05, 0) is 50.5 Å². The van der Waals surface area contributed by atoms with Gasteiger partial charge in [0.25, 0.3) is 5.91 Å². The molecule has 2 amide bonds. The van der Waals surface area contributed by atoms with Gasteiger partial charge in [0.1, 0.15) is 11.1 Å². The fourth-order valence-electron chi connectivity index (χ4n) is 2.98. The van der Waals surface area contributed by atoms with Crippen LogP contribution in [0.25, 0.3) is 0 Å². The Balaban J connectivity index is 1.87. The average molecular weight is 355 g/mol. The number of aryl methyl sites for hydroxylation is 1. The minimum atomic E-state index is -0.529. The molecule has 6 heteroatoms. The third-order valence-electron chi connectivity index (χ3n) is 4.33. The molecular formula is C19H21N3O2S. The SMILES string of the molecule is Cc1ccc(Sc2ncccc2C(=O)N2CCCCC2C(N)=O)cc1. The number of hydrogen-bond donors (Lipinski definition) is 1. The van der Waals surface area contributed by atoms with Crippen molar-refractivity contribution in [2.45, 2.75) is 42.1 Å². The predicted octanol–water partition coefficient (Wildman–Crippen LogP) is 3.02. The topological polar surface area (TPSA) is 76.3 Å². The van der Waals surface area contributed by atoms with E-state index in [-0.39, 0.29) is 5.91 Å². The molecule has 25 heavy (non-hydrogen) atoms. The average Bonchev–Trinajstić information content (AvgIpc) is 2.63. The number of nitrogens with zero attached hydrogens (tertiary/aromatic N) is 2. The molecule has 2 heterocycles. The molecule has 1 aliphatic rings. The Hall–Kier alpha value is -2.34. The Morgan fingerprint density at radius 1 is 1.20 bits per heavy atom. The van der Waals surface area contributed by atoms with Gasteiger partial charge in [0.05, 0.1) is 5.56 Å². The van der Waals surface area contributed by atoms with E-state index < -0.39 is 11.9 Å². The van der Waals surface area contributed by atoms with Crippen LogP contribution in [0.3, 0.4) is 0 Å². The van der Waals surface area contributed by atoms with Gasteiger partial charge in [-0.25, -0.2) is 4.98 Å². The summed E-state index contributed by atoms with van der Waals surface area (Å²) in [5.41, 5.74) is 7.19. The van der Waals surface area contributed by atoms with E-state index in [1.165, 1.54) is 17.3 Å². The van der Waals surface area contributed by atoms with E-state index in [0.717, 1.165) is 17.7 Å². The van der Waals surface area contributed by atoms with Gasteiger partial charge in [0.15, 0.2) is 0 Å². The number of pyridine rings is 1. The summed E-state index contributed by atoms with van der Waals surface area (Å²) in [5, 5.41) is 0.644. The van der Waals surface area contributed by atoms with Gasteiger partial charge in [-0.2, -0.15) is 0 Å². The summed E-state index contributed by atoms with van der Waals surface area (Å²) in [6.45, 7) is 2.58. The minimum Gasteiger partial charge on any atom is -0.368 e. The molecule has 2 N–H and O–H groups in total. The van der Waals surface area contributed by atoms with Gasteiger partial charge < -0.3 is 10.6 Å². The van der Waals surface area contributed by atoms with Crippen LogP contribution in [0.2, 0.25) is 0 Å². The maximum atomic E-state index is 13.0. The zero-order valence-electron chi connectivity index (χ0n) is 14.1. The standard InChI is InChI=1S/C19H21N3O2S/c1-13-7-9-14(10-8-13)25-18-15(5-4-11-21-18)19(24)22-12-3-2-6-16(22)17(20)23/h4-5,7-11,16H,2-3,6,12H2,1H3,(H2,20,23). The molecule has 130 valence electrons. The molecule has 1 aliphatic heterocycles. The van der Waals surface area contributed by atoms with E-state index in [1.54, 1.807) is 23.2 Å². The molecule has 1 aromatic carbocycles. The van der Waals surface area contributed by atoms with E-state index in [4.69, 9.17) is 5.73 Å². The maximum absolute atomic E-state index is 13.0. The van der Waals surface area contributed by atoms with Crippen LogP contribution in [0.15, 0.2) is 52.5 Å². The molecule has 1 fully saturated rings. The summed E-state index contributed by atoms with van der Waals surface area (Å²) in [7, 11) is 0. The lowest BCUT2D eigenvalue weighted by Crippen LogP contribution is -2.50. The second kappa shape index (κ2) is 7.70. The Labute approximate surface area is 151 Å². The third-order valence-corrected chi connectivity index (χ3v) is 5.36.